The molecule has 130 valence electrons. The zero-order valence-corrected chi connectivity index (χ0v) is 13.7. The number of ether oxygens (including phenoxy) is 3. The molecule has 2 aliphatic heterocycles. The molecule has 1 aromatic heterocycles. The lowest BCUT2D eigenvalue weighted by Gasteiger charge is -2.30. The van der Waals surface area contributed by atoms with E-state index in [0.29, 0.717) is 30.4 Å². The number of para-hydroxylation sites is 2. The van der Waals surface area contributed by atoms with Crippen LogP contribution in [0.3, 0.4) is 0 Å². The average Bonchev–Trinajstić information content (AvgIpc) is 2.68. The minimum absolute atomic E-state index is 0.177. The second-order valence-corrected chi connectivity index (χ2v) is 5.83. The molecule has 4 rings (SSSR count). The minimum atomic E-state index is -0.701. The van der Waals surface area contributed by atoms with Crippen LogP contribution in [0.5, 0.6) is 11.5 Å². The van der Waals surface area contributed by atoms with Gasteiger partial charge in [-0.15, -0.1) is 0 Å². The number of morpholine rings is 1. The van der Waals surface area contributed by atoms with E-state index in [4.69, 9.17) is 14.2 Å². The van der Waals surface area contributed by atoms with Crippen molar-refractivity contribution in [3.63, 3.8) is 0 Å². The zero-order valence-electron chi connectivity index (χ0n) is 13.7. The summed E-state index contributed by atoms with van der Waals surface area (Å²) in [6, 6.07) is 11.0. The van der Waals surface area contributed by atoms with Gasteiger partial charge in [-0.2, -0.15) is 0 Å². The second-order valence-electron chi connectivity index (χ2n) is 5.83. The number of fused-ring (bicyclic) bond motifs is 1. The maximum absolute atomic E-state index is 12.6. The number of amides is 1. The zero-order chi connectivity index (χ0) is 17.1. The molecular weight excluding hydrogens is 322 g/mol. The molecule has 2 aromatic rings. The van der Waals surface area contributed by atoms with Gasteiger partial charge in [-0.25, -0.2) is 4.98 Å². The lowest BCUT2D eigenvalue weighted by Crippen LogP contribution is -2.41. The van der Waals surface area contributed by atoms with Crippen LogP contribution in [0.15, 0.2) is 42.6 Å². The van der Waals surface area contributed by atoms with E-state index < -0.39 is 6.10 Å². The number of nitrogens with one attached hydrogen (secondary N) is 1. The number of carbonyl (C=O) groups is 1. The van der Waals surface area contributed by atoms with Crippen LogP contribution in [-0.2, 0) is 9.53 Å². The lowest BCUT2D eigenvalue weighted by molar-refractivity contribution is -0.125. The third kappa shape index (κ3) is 3.36. The molecule has 0 spiro atoms. The number of aromatic nitrogens is 1. The number of anilines is 2. The van der Waals surface area contributed by atoms with Crippen LogP contribution >= 0.6 is 0 Å². The molecule has 1 N–H and O–H groups in total. The van der Waals surface area contributed by atoms with Gasteiger partial charge in [-0.1, -0.05) is 12.1 Å². The number of nitrogens with zero attached hydrogens (tertiary/aromatic N) is 2. The van der Waals surface area contributed by atoms with Gasteiger partial charge in [0.1, 0.15) is 6.61 Å². The molecule has 1 aromatic carbocycles. The van der Waals surface area contributed by atoms with Gasteiger partial charge >= 0.3 is 0 Å². The average molecular weight is 341 g/mol. The van der Waals surface area contributed by atoms with Crippen LogP contribution in [0.4, 0.5) is 11.5 Å². The molecule has 2 aliphatic rings. The molecule has 7 nitrogen and oxygen atoms in total. The molecule has 25 heavy (non-hydrogen) atoms. The Morgan fingerprint density at radius 3 is 2.76 bits per heavy atom. The molecule has 7 heteroatoms. The molecule has 1 saturated heterocycles. The highest BCUT2D eigenvalue weighted by atomic mass is 16.6. The Kier molecular flexibility index (Phi) is 4.39. The molecule has 1 amide bonds. The summed E-state index contributed by atoms with van der Waals surface area (Å²) in [7, 11) is 0. The van der Waals surface area contributed by atoms with E-state index >= 15 is 0 Å². The monoisotopic (exact) mass is 341 g/mol. The van der Waals surface area contributed by atoms with Gasteiger partial charge in [-0.3, -0.25) is 4.79 Å². The van der Waals surface area contributed by atoms with Crippen molar-refractivity contribution in [3.8, 4) is 11.5 Å². The predicted octanol–water partition coefficient (Wildman–Crippen LogP) is 1.70. The van der Waals surface area contributed by atoms with E-state index in [0.717, 1.165) is 18.9 Å². The van der Waals surface area contributed by atoms with Crippen molar-refractivity contribution in [3.05, 3.63) is 42.6 Å². The highest BCUT2D eigenvalue weighted by Crippen LogP contribution is 2.31. The third-order valence-electron chi connectivity index (χ3n) is 4.16. The Labute approximate surface area is 145 Å². The van der Waals surface area contributed by atoms with Crippen molar-refractivity contribution < 1.29 is 19.0 Å². The number of hydrogen-bond acceptors (Lipinski definition) is 6. The summed E-state index contributed by atoms with van der Waals surface area (Å²) in [4.78, 5) is 19.1. The molecule has 1 fully saturated rings. The van der Waals surface area contributed by atoms with Gasteiger partial charge in [0.15, 0.2) is 17.3 Å². The summed E-state index contributed by atoms with van der Waals surface area (Å²) < 4.78 is 16.8. The normalized spacial score (nSPS) is 19.4. The number of carbonyl (C=O) groups excluding carboxylic acids is 1. The van der Waals surface area contributed by atoms with Crippen LogP contribution in [-0.4, -0.2) is 49.9 Å². The van der Waals surface area contributed by atoms with E-state index in [9.17, 15) is 4.79 Å². The Hall–Kier alpha value is -2.80. The van der Waals surface area contributed by atoms with Crippen molar-refractivity contribution in [2.24, 2.45) is 0 Å². The Morgan fingerprint density at radius 1 is 1.12 bits per heavy atom. The second kappa shape index (κ2) is 6.98. The fourth-order valence-electron chi connectivity index (χ4n) is 2.88. The van der Waals surface area contributed by atoms with Crippen molar-refractivity contribution >= 4 is 17.4 Å². The Balaban J connectivity index is 1.48. The van der Waals surface area contributed by atoms with Crippen LogP contribution in [0.25, 0.3) is 0 Å². The third-order valence-corrected chi connectivity index (χ3v) is 4.16. The van der Waals surface area contributed by atoms with Crippen LogP contribution in [0.1, 0.15) is 0 Å². The number of rotatable bonds is 3. The standard InChI is InChI=1S/C18H19N3O4/c22-18(16-12-24-14-5-1-2-6-15(14)25-16)20-13-4-3-7-19-17(13)21-8-10-23-11-9-21/h1-7,16H,8-12H2,(H,20,22)/t16-/m0/s1. The largest absolute Gasteiger partial charge is 0.485 e. The van der Waals surface area contributed by atoms with E-state index in [1.165, 1.54) is 0 Å². The van der Waals surface area contributed by atoms with E-state index in [2.05, 4.69) is 15.2 Å². The van der Waals surface area contributed by atoms with Gasteiger partial charge in [0.05, 0.1) is 18.9 Å². The first kappa shape index (κ1) is 15.7. The summed E-state index contributed by atoms with van der Waals surface area (Å²) in [6.45, 7) is 2.98. The van der Waals surface area contributed by atoms with Crippen LogP contribution in [0, 0.1) is 0 Å². The first-order valence-corrected chi connectivity index (χ1v) is 8.28. The summed E-state index contributed by atoms with van der Waals surface area (Å²) in [5, 5.41) is 2.92. The molecule has 0 bridgehead atoms. The van der Waals surface area contributed by atoms with Crippen molar-refractivity contribution in [2.45, 2.75) is 6.10 Å². The lowest BCUT2D eigenvalue weighted by atomic mass is 10.2. The fraction of sp³-hybridized carbons (Fsp3) is 0.333. The Morgan fingerprint density at radius 2 is 1.92 bits per heavy atom. The topological polar surface area (TPSA) is 72.9 Å². The molecule has 0 radical (unpaired) electrons. The molecule has 0 saturated carbocycles. The maximum atomic E-state index is 12.6. The number of hydrogen-bond donors (Lipinski definition) is 1. The minimum Gasteiger partial charge on any atom is -0.485 e. The summed E-state index contributed by atoms with van der Waals surface area (Å²) in [6.07, 6.45) is 1.02. The van der Waals surface area contributed by atoms with Crippen LogP contribution < -0.4 is 19.7 Å². The molecule has 0 unspecified atom stereocenters. The quantitative estimate of drug-likeness (QED) is 0.916. The smallest absolute Gasteiger partial charge is 0.269 e. The SMILES string of the molecule is O=C(Nc1cccnc1N1CCOCC1)[C@@H]1COc2ccccc2O1. The van der Waals surface area contributed by atoms with E-state index in [-0.39, 0.29) is 12.5 Å². The van der Waals surface area contributed by atoms with Gasteiger partial charge < -0.3 is 24.4 Å². The summed E-state index contributed by atoms with van der Waals surface area (Å²) in [5.41, 5.74) is 0.664. The molecule has 3 heterocycles. The van der Waals surface area contributed by atoms with Gasteiger partial charge in [-0.05, 0) is 24.3 Å². The van der Waals surface area contributed by atoms with E-state index in [1.54, 1.807) is 18.3 Å². The van der Waals surface area contributed by atoms with Crippen molar-refractivity contribution in [2.75, 3.05) is 43.1 Å². The number of benzene rings is 1. The predicted molar refractivity (Wildman–Crippen MR) is 92.3 cm³/mol. The maximum Gasteiger partial charge on any atom is 0.269 e. The van der Waals surface area contributed by atoms with Crippen molar-refractivity contribution in [1.29, 1.82) is 0 Å². The van der Waals surface area contributed by atoms with Gasteiger partial charge in [0, 0.05) is 19.3 Å². The summed E-state index contributed by atoms with van der Waals surface area (Å²) >= 11 is 0. The van der Waals surface area contributed by atoms with E-state index in [1.807, 2.05) is 24.3 Å². The first-order valence-electron chi connectivity index (χ1n) is 8.28. The Bertz CT molecular complexity index is 761. The summed E-state index contributed by atoms with van der Waals surface area (Å²) in [5.74, 6) is 1.73. The number of pyridine rings is 1. The molecule has 0 aliphatic carbocycles. The van der Waals surface area contributed by atoms with Crippen molar-refractivity contribution in [1.82, 2.24) is 4.98 Å². The highest BCUT2D eigenvalue weighted by Gasteiger charge is 2.28. The van der Waals surface area contributed by atoms with Gasteiger partial charge in [0.25, 0.3) is 5.91 Å². The van der Waals surface area contributed by atoms with Crippen LogP contribution in [0.2, 0.25) is 0 Å². The molecular formula is C18H19N3O4. The first-order chi connectivity index (χ1) is 12.3. The molecule has 1 atom stereocenters. The highest BCUT2D eigenvalue weighted by molar-refractivity contribution is 5.97. The fourth-order valence-corrected chi connectivity index (χ4v) is 2.88. The van der Waals surface area contributed by atoms with Gasteiger partial charge in [0.2, 0.25) is 6.10 Å².